The first-order valence-electron chi connectivity index (χ1n) is 5.92. The highest BCUT2D eigenvalue weighted by Gasteiger charge is 2.09. The van der Waals surface area contributed by atoms with Crippen molar-refractivity contribution in [3.05, 3.63) is 34.4 Å². The molecule has 4 nitrogen and oxygen atoms in total. The second-order valence-electron chi connectivity index (χ2n) is 1.81. The molecule has 0 bridgehead atoms. The molecule has 1 aromatic rings. The molecule has 0 spiro atoms. The second-order valence-corrected chi connectivity index (χ2v) is 1.81. The largest absolute Gasteiger partial charge is 0.465 e. The van der Waals surface area contributed by atoms with Gasteiger partial charge in [0.1, 0.15) is 5.56 Å². The summed E-state index contributed by atoms with van der Waals surface area (Å²) in [4.78, 5) is 21.5. The minimum atomic E-state index is -0.681. The molecule has 0 aliphatic rings. The Morgan fingerprint density at radius 3 is 1.94 bits per heavy atom. The first kappa shape index (κ1) is 20.8. The fourth-order valence-electron chi connectivity index (χ4n) is 0.629. The highest BCUT2D eigenvalue weighted by molar-refractivity contribution is 5.88. The Balaban J connectivity index is -0.000000285. The molecule has 4 heteroatoms. The van der Waals surface area contributed by atoms with Crippen LogP contribution in [0, 0.1) is 0 Å². The van der Waals surface area contributed by atoms with Crippen LogP contribution in [0.3, 0.4) is 0 Å². The zero-order valence-corrected chi connectivity index (χ0v) is 11.9. The standard InChI is InChI=1S/C7H6O4.3C2H6/c1-10-6(8)5-3-2-4-11-7(5)9;3*1-2/h2-4H,1H3;3*1-2H3. The number of ether oxygens (including phenoxy) is 1. The minimum Gasteiger partial charge on any atom is -0.465 e. The first-order chi connectivity index (χ1) is 8.25. The van der Waals surface area contributed by atoms with Gasteiger partial charge < -0.3 is 9.15 Å². The monoisotopic (exact) mass is 244 g/mol. The van der Waals surface area contributed by atoms with Crippen LogP contribution < -0.4 is 5.63 Å². The maximum Gasteiger partial charge on any atom is 0.350 e. The molecule has 1 rings (SSSR count). The van der Waals surface area contributed by atoms with Crippen LogP contribution in [0.15, 0.2) is 27.6 Å². The summed E-state index contributed by atoms with van der Waals surface area (Å²) in [5.41, 5.74) is -0.769. The number of hydrogen-bond donors (Lipinski definition) is 0. The number of methoxy groups -OCH3 is 1. The zero-order chi connectivity index (χ0) is 14.3. The molecule has 1 aromatic heterocycles. The predicted molar refractivity (Wildman–Crippen MR) is 70.4 cm³/mol. The van der Waals surface area contributed by atoms with E-state index in [1.807, 2.05) is 41.5 Å². The summed E-state index contributed by atoms with van der Waals surface area (Å²) < 4.78 is 8.74. The highest BCUT2D eigenvalue weighted by Crippen LogP contribution is 1.92. The van der Waals surface area contributed by atoms with Crippen molar-refractivity contribution in [1.29, 1.82) is 0 Å². The van der Waals surface area contributed by atoms with E-state index in [1.165, 1.54) is 25.5 Å². The average molecular weight is 244 g/mol. The minimum absolute atomic E-state index is 0.0880. The van der Waals surface area contributed by atoms with Crippen LogP contribution >= 0.6 is 0 Å². The zero-order valence-electron chi connectivity index (χ0n) is 11.9. The number of carbonyl (C=O) groups is 1. The molecule has 0 saturated heterocycles. The van der Waals surface area contributed by atoms with Crippen LogP contribution in [0.5, 0.6) is 0 Å². The summed E-state index contributed by atoms with van der Waals surface area (Å²) in [6.07, 6.45) is 1.20. The summed E-state index contributed by atoms with van der Waals surface area (Å²) in [7, 11) is 1.20. The summed E-state index contributed by atoms with van der Waals surface area (Å²) in [5, 5.41) is 0. The molecule has 0 aromatic carbocycles. The van der Waals surface area contributed by atoms with Crippen molar-refractivity contribution in [1.82, 2.24) is 0 Å². The molecular weight excluding hydrogens is 220 g/mol. The Kier molecular flexibility index (Phi) is 20.6. The van der Waals surface area contributed by atoms with Crippen molar-refractivity contribution in [3.8, 4) is 0 Å². The van der Waals surface area contributed by atoms with Gasteiger partial charge in [0.2, 0.25) is 0 Å². The third kappa shape index (κ3) is 9.35. The molecule has 0 amide bonds. The van der Waals surface area contributed by atoms with Crippen molar-refractivity contribution in [2.24, 2.45) is 0 Å². The maximum atomic E-state index is 10.8. The van der Waals surface area contributed by atoms with Gasteiger partial charge in [-0.15, -0.1) is 0 Å². The van der Waals surface area contributed by atoms with Crippen LogP contribution in [0.2, 0.25) is 0 Å². The van der Waals surface area contributed by atoms with Gasteiger partial charge in [0, 0.05) is 0 Å². The molecule has 1 heterocycles. The number of carbonyl (C=O) groups excluding carboxylic acids is 1. The van der Waals surface area contributed by atoms with Gasteiger partial charge in [-0.05, 0) is 12.1 Å². The Hall–Kier alpha value is -1.58. The summed E-state index contributed by atoms with van der Waals surface area (Å²) in [5.74, 6) is -0.681. The molecule has 0 radical (unpaired) electrons. The van der Waals surface area contributed by atoms with Crippen molar-refractivity contribution in [3.63, 3.8) is 0 Å². The Morgan fingerprint density at radius 1 is 1.12 bits per heavy atom. The van der Waals surface area contributed by atoms with E-state index in [1.54, 1.807) is 0 Å². The van der Waals surface area contributed by atoms with Crippen LogP contribution in [0.25, 0.3) is 0 Å². The molecule has 0 N–H and O–H groups in total. The number of rotatable bonds is 1. The highest BCUT2D eigenvalue weighted by atomic mass is 16.5. The molecule has 0 fully saturated rings. The van der Waals surface area contributed by atoms with E-state index in [0.717, 1.165) is 0 Å². The van der Waals surface area contributed by atoms with Gasteiger partial charge in [0.25, 0.3) is 0 Å². The Bertz CT molecular complexity index is 315. The second kappa shape index (κ2) is 16.8. The average Bonchev–Trinajstić information content (AvgIpc) is 2.45. The van der Waals surface area contributed by atoms with Crippen LogP contribution in [0.4, 0.5) is 0 Å². The number of esters is 1. The van der Waals surface area contributed by atoms with E-state index in [0.29, 0.717) is 0 Å². The van der Waals surface area contributed by atoms with E-state index in [4.69, 9.17) is 0 Å². The molecular formula is C13H24O4. The van der Waals surface area contributed by atoms with Gasteiger partial charge in [0.15, 0.2) is 0 Å². The van der Waals surface area contributed by atoms with Gasteiger partial charge in [-0.2, -0.15) is 0 Å². The van der Waals surface area contributed by atoms with Crippen LogP contribution in [0.1, 0.15) is 51.9 Å². The maximum absolute atomic E-state index is 10.8. The summed E-state index contributed by atoms with van der Waals surface area (Å²) in [6, 6.07) is 2.80. The Morgan fingerprint density at radius 2 is 1.59 bits per heavy atom. The molecule has 0 aliphatic heterocycles. The van der Waals surface area contributed by atoms with Gasteiger partial charge in [-0.3, -0.25) is 0 Å². The SMILES string of the molecule is CC.CC.CC.COC(=O)c1cccoc1=O. The molecule has 17 heavy (non-hydrogen) atoms. The normalized spacial score (nSPS) is 7.00. The van der Waals surface area contributed by atoms with E-state index < -0.39 is 11.6 Å². The van der Waals surface area contributed by atoms with Gasteiger partial charge >= 0.3 is 11.6 Å². The van der Waals surface area contributed by atoms with Gasteiger partial charge in [0.05, 0.1) is 13.4 Å². The quantitative estimate of drug-likeness (QED) is 0.709. The van der Waals surface area contributed by atoms with Crippen molar-refractivity contribution in [2.75, 3.05) is 7.11 Å². The molecule has 0 aliphatic carbocycles. The van der Waals surface area contributed by atoms with Crippen LogP contribution in [-0.2, 0) is 4.74 Å². The van der Waals surface area contributed by atoms with E-state index >= 15 is 0 Å². The predicted octanol–water partition coefficient (Wildman–Crippen LogP) is 3.51. The van der Waals surface area contributed by atoms with Gasteiger partial charge in [-0.25, -0.2) is 9.59 Å². The van der Waals surface area contributed by atoms with Crippen molar-refractivity contribution < 1.29 is 13.9 Å². The van der Waals surface area contributed by atoms with E-state index in [9.17, 15) is 9.59 Å². The topological polar surface area (TPSA) is 56.5 Å². The summed E-state index contributed by atoms with van der Waals surface area (Å²) >= 11 is 0. The third-order valence-electron chi connectivity index (χ3n) is 1.14. The molecule has 0 unspecified atom stereocenters. The van der Waals surface area contributed by atoms with Gasteiger partial charge in [-0.1, -0.05) is 41.5 Å². The lowest BCUT2D eigenvalue weighted by Crippen LogP contribution is -2.14. The van der Waals surface area contributed by atoms with Crippen LogP contribution in [-0.4, -0.2) is 13.1 Å². The van der Waals surface area contributed by atoms with Crippen molar-refractivity contribution in [2.45, 2.75) is 41.5 Å². The lowest BCUT2D eigenvalue weighted by molar-refractivity contribution is 0.0595. The van der Waals surface area contributed by atoms with E-state index in [2.05, 4.69) is 9.15 Å². The first-order valence-corrected chi connectivity index (χ1v) is 5.92. The molecule has 100 valence electrons. The third-order valence-corrected chi connectivity index (χ3v) is 1.14. The van der Waals surface area contributed by atoms with E-state index in [-0.39, 0.29) is 5.56 Å². The fourth-order valence-corrected chi connectivity index (χ4v) is 0.629. The number of hydrogen-bond acceptors (Lipinski definition) is 4. The fraction of sp³-hybridized carbons (Fsp3) is 0.538. The Labute approximate surface area is 104 Å². The summed E-state index contributed by atoms with van der Waals surface area (Å²) in [6.45, 7) is 12.0. The lowest BCUT2D eigenvalue weighted by atomic mass is 10.3. The lowest BCUT2D eigenvalue weighted by Gasteiger charge is -1.93. The molecule has 0 saturated carbocycles. The molecule has 0 atom stereocenters. The van der Waals surface area contributed by atoms with Crippen molar-refractivity contribution >= 4 is 5.97 Å². The smallest absolute Gasteiger partial charge is 0.350 e.